The Morgan fingerprint density at radius 2 is 1.79 bits per heavy atom. The molecule has 0 aliphatic rings. The number of likely N-dealkylation sites (N-methyl/N-ethyl adjacent to an activating group) is 1. The molecule has 156 valence electrons. The quantitative estimate of drug-likeness (QED) is 0.528. The Balaban J connectivity index is 2.15. The lowest BCUT2D eigenvalue weighted by molar-refractivity contribution is -0.139. The molecule has 1 atom stereocenters. The van der Waals surface area contributed by atoms with Gasteiger partial charge in [-0.3, -0.25) is 9.59 Å². The first-order valence-electron chi connectivity index (χ1n) is 9.13. The Kier molecular flexibility index (Phi) is 9.63. The van der Waals surface area contributed by atoms with Gasteiger partial charge in [-0.05, 0) is 35.7 Å². The highest BCUT2D eigenvalue weighted by Crippen LogP contribution is 2.25. The van der Waals surface area contributed by atoms with Crippen LogP contribution in [0.4, 0.5) is 0 Å². The van der Waals surface area contributed by atoms with Crippen LogP contribution >= 0.6 is 46.6 Å². The van der Waals surface area contributed by atoms with Crippen LogP contribution in [0.1, 0.15) is 24.5 Å². The molecule has 0 bridgehead atoms. The predicted molar refractivity (Wildman–Crippen MR) is 123 cm³/mol. The maximum Gasteiger partial charge on any atom is 0.242 e. The molecule has 0 aliphatic carbocycles. The van der Waals surface area contributed by atoms with Crippen molar-refractivity contribution in [1.82, 2.24) is 10.2 Å². The molecule has 2 rings (SSSR count). The zero-order valence-electron chi connectivity index (χ0n) is 16.3. The molecule has 2 aromatic rings. The van der Waals surface area contributed by atoms with E-state index in [9.17, 15) is 9.59 Å². The number of benzene rings is 2. The SMILES string of the molecule is CC[C@H](C(=O)NC)N(Cc1ccc(Cl)cc1Cl)C(=O)CSCc1ccccc1Cl. The third kappa shape index (κ3) is 6.82. The number of nitrogens with zero attached hydrogens (tertiary/aromatic N) is 1. The summed E-state index contributed by atoms with van der Waals surface area (Å²) in [5.74, 6) is 0.493. The van der Waals surface area contributed by atoms with Crippen LogP contribution in [0.2, 0.25) is 15.1 Å². The van der Waals surface area contributed by atoms with Crippen LogP contribution in [0.5, 0.6) is 0 Å². The van der Waals surface area contributed by atoms with Gasteiger partial charge < -0.3 is 10.2 Å². The predicted octanol–water partition coefficient (Wildman–Crippen LogP) is 5.43. The summed E-state index contributed by atoms with van der Waals surface area (Å²) in [4.78, 5) is 27.0. The molecule has 0 saturated heterocycles. The van der Waals surface area contributed by atoms with Gasteiger partial charge in [-0.2, -0.15) is 0 Å². The molecular formula is C21H23Cl3N2O2S. The van der Waals surface area contributed by atoms with Gasteiger partial charge in [0.15, 0.2) is 0 Å². The molecule has 29 heavy (non-hydrogen) atoms. The molecule has 0 fully saturated rings. The van der Waals surface area contributed by atoms with E-state index in [4.69, 9.17) is 34.8 Å². The van der Waals surface area contributed by atoms with Crippen LogP contribution in [0, 0.1) is 0 Å². The van der Waals surface area contributed by atoms with E-state index in [1.807, 2.05) is 31.2 Å². The minimum atomic E-state index is -0.583. The average molecular weight is 474 g/mol. The maximum atomic E-state index is 13.0. The van der Waals surface area contributed by atoms with Gasteiger partial charge in [0.2, 0.25) is 11.8 Å². The first-order valence-corrected chi connectivity index (χ1v) is 11.4. The van der Waals surface area contributed by atoms with Gasteiger partial charge in [0.25, 0.3) is 0 Å². The summed E-state index contributed by atoms with van der Waals surface area (Å²) in [6, 6.07) is 12.1. The Morgan fingerprint density at radius 3 is 2.41 bits per heavy atom. The van der Waals surface area contributed by atoms with Crippen molar-refractivity contribution in [2.45, 2.75) is 31.7 Å². The summed E-state index contributed by atoms with van der Waals surface area (Å²) < 4.78 is 0. The molecule has 4 nitrogen and oxygen atoms in total. The fraction of sp³-hybridized carbons (Fsp3) is 0.333. The van der Waals surface area contributed by atoms with Gasteiger partial charge in [0, 0.05) is 34.4 Å². The van der Waals surface area contributed by atoms with Crippen molar-refractivity contribution in [3.8, 4) is 0 Å². The summed E-state index contributed by atoms with van der Waals surface area (Å²) in [5.41, 5.74) is 1.71. The maximum absolute atomic E-state index is 13.0. The zero-order valence-corrected chi connectivity index (χ0v) is 19.3. The number of amides is 2. The van der Waals surface area contributed by atoms with E-state index in [0.717, 1.165) is 11.1 Å². The summed E-state index contributed by atoms with van der Waals surface area (Å²) in [6.07, 6.45) is 0.492. The first-order chi connectivity index (χ1) is 13.9. The molecule has 0 unspecified atom stereocenters. The molecular weight excluding hydrogens is 451 g/mol. The van der Waals surface area contributed by atoms with Gasteiger partial charge in [-0.1, -0.05) is 66.0 Å². The summed E-state index contributed by atoms with van der Waals surface area (Å²) >= 11 is 19.9. The van der Waals surface area contributed by atoms with Crippen LogP contribution in [0.15, 0.2) is 42.5 Å². The van der Waals surface area contributed by atoms with E-state index >= 15 is 0 Å². The number of rotatable bonds is 9. The molecule has 2 aromatic carbocycles. The van der Waals surface area contributed by atoms with Crippen molar-refractivity contribution in [3.63, 3.8) is 0 Å². The fourth-order valence-electron chi connectivity index (χ4n) is 2.87. The van der Waals surface area contributed by atoms with Crippen LogP contribution < -0.4 is 5.32 Å². The number of nitrogens with one attached hydrogen (secondary N) is 1. The minimum Gasteiger partial charge on any atom is -0.357 e. The zero-order chi connectivity index (χ0) is 21.4. The third-order valence-electron chi connectivity index (χ3n) is 4.43. The largest absolute Gasteiger partial charge is 0.357 e. The second-order valence-corrected chi connectivity index (χ2v) is 8.62. The Morgan fingerprint density at radius 1 is 1.07 bits per heavy atom. The van der Waals surface area contributed by atoms with E-state index < -0.39 is 6.04 Å². The van der Waals surface area contributed by atoms with Gasteiger partial charge >= 0.3 is 0 Å². The Labute approximate surface area is 190 Å². The second-order valence-electron chi connectivity index (χ2n) is 6.38. The minimum absolute atomic E-state index is 0.136. The van der Waals surface area contributed by atoms with Crippen molar-refractivity contribution >= 4 is 58.4 Å². The van der Waals surface area contributed by atoms with Gasteiger partial charge in [0.1, 0.15) is 6.04 Å². The molecule has 2 amide bonds. The highest BCUT2D eigenvalue weighted by atomic mass is 35.5. The molecule has 0 radical (unpaired) electrons. The van der Waals surface area contributed by atoms with Gasteiger partial charge in [-0.15, -0.1) is 11.8 Å². The van der Waals surface area contributed by atoms with Crippen LogP contribution in [-0.2, 0) is 21.9 Å². The van der Waals surface area contributed by atoms with Crippen LogP contribution in [0.25, 0.3) is 0 Å². The van der Waals surface area contributed by atoms with Crippen LogP contribution in [0.3, 0.4) is 0 Å². The lowest BCUT2D eigenvalue weighted by Gasteiger charge is -2.30. The normalized spacial score (nSPS) is 11.8. The number of hydrogen-bond donors (Lipinski definition) is 1. The number of thioether (sulfide) groups is 1. The van der Waals surface area contributed by atoms with Crippen molar-refractivity contribution in [1.29, 1.82) is 0 Å². The number of halogens is 3. The Hall–Kier alpha value is -1.40. The third-order valence-corrected chi connectivity index (χ3v) is 6.35. The smallest absolute Gasteiger partial charge is 0.242 e. The first kappa shape index (κ1) is 23.9. The monoisotopic (exact) mass is 472 g/mol. The highest BCUT2D eigenvalue weighted by Gasteiger charge is 2.28. The molecule has 8 heteroatoms. The highest BCUT2D eigenvalue weighted by molar-refractivity contribution is 7.99. The summed E-state index contributed by atoms with van der Waals surface area (Å²) in [5, 5.41) is 4.30. The molecule has 0 heterocycles. The standard InChI is InChI=1S/C21H23Cl3N2O2S/c1-3-19(21(28)25-2)26(11-14-8-9-16(22)10-18(14)24)20(27)13-29-12-15-6-4-5-7-17(15)23/h4-10,19H,3,11-13H2,1-2H3,(H,25,28)/t19-/m1/s1. The number of carbonyl (C=O) groups excluding carboxylic acids is 2. The van der Waals surface area contributed by atoms with E-state index in [1.165, 1.54) is 11.8 Å². The van der Waals surface area contributed by atoms with E-state index in [1.54, 1.807) is 30.1 Å². The fourth-order valence-corrected chi connectivity index (χ4v) is 4.53. The Bertz CT molecular complexity index is 864. The average Bonchev–Trinajstić information content (AvgIpc) is 2.70. The topological polar surface area (TPSA) is 49.4 Å². The van der Waals surface area contributed by atoms with Gasteiger partial charge in [0.05, 0.1) is 5.75 Å². The van der Waals surface area contributed by atoms with E-state index in [2.05, 4.69) is 5.32 Å². The second kappa shape index (κ2) is 11.7. The van der Waals surface area contributed by atoms with Crippen molar-refractivity contribution in [2.75, 3.05) is 12.8 Å². The number of carbonyl (C=O) groups is 2. The van der Waals surface area contributed by atoms with Crippen LogP contribution in [-0.4, -0.2) is 35.6 Å². The summed E-state index contributed by atoms with van der Waals surface area (Å²) in [6.45, 7) is 2.11. The van der Waals surface area contributed by atoms with Crippen molar-refractivity contribution in [2.24, 2.45) is 0 Å². The van der Waals surface area contributed by atoms with Crippen molar-refractivity contribution < 1.29 is 9.59 Å². The molecule has 0 spiro atoms. The summed E-state index contributed by atoms with van der Waals surface area (Å²) in [7, 11) is 1.56. The van der Waals surface area contributed by atoms with E-state index in [0.29, 0.717) is 27.2 Å². The molecule has 1 N–H and O–H groups in total. The number of hydrogen-bond acceptors (Lipinski definition) is 3. The lowest BCUT2D eigenvalue weighted by Crippen LogP contribution is -2.48. The lowest BCUT2D eigenvalue weighted by atomic mass is 10.1. The molecule has 0 aliphatic heterocycles. The molecule has 0 saturated carbocycles. The molecule has 0 aromatic heterocycles. The van der Waals surface area contributed by atoms with Crippen molar-refractivity contribution in [3.05, 3.63) is 68.7 Å². The van der Waals surface area contributed by atoms with E-state index in [-0.39, 0.29) is 24.1 Å². The van der Waals surface area contributed by atoms with Gasteiger partial charge in [-0.25, -0.2) is 0 Å².